The van der Waals surface area contributed by atoms with E-state index in [-0.39, 0.29) is 26.5 Å². The zero-order valence-electron chi connectivity index (χ0n) is 29.3. The molecule has 7 heteroatoms. The molecule has 53 heavy (non-hydrogen) atoms. The van der Waals surface area contributed by atoms with Crippen molar-refractivity contribution >= 4 is 66.5 Å². The number of para-hydroxylation sites is 3. The van der Waals surface area contributed by atoms with Gasteiger partial charge < -0.3 is 23.5 Å². The van der Waals surface area contributed by atoms with E-state index in [1.54, 1.807) is 0 Å². The Morgan fingerprint density at radius 2 is 1.45 bits per heavy atom. The first-order valence-electron chi connectivity index (χ1n) is 17.5. The number of benzene rings is 6. The Kier molecular flexibility index (Phi) is 7.90. The standard InChI is InChI=1S/C46H33N4O2.Pt/c1-46(2,3)30-24-25-47-43(26-30)50-38-18-9-7-16-35(38)36-21-20-34(28-40(36)50)51-33-15-11-14-32(27-33)49-29-48(31-12-5-4-6-13-31)39-22-23-42-44(45(39)49)37-17-8-10-19-41(37)52-42;/h4-26,29H,1-3H3;/q-3;. The van der Waals surface area contributed by atoms with E-state index in [1.165, 1.54) is 5.56 Å². The van der Waals surface area contributed by atoms with Crippen LogP contribution in [0.25, 0.3) is 49.6 Å². The Balaban J connectivity index is 0.00000372. The molecule has 6 aromatic carbocycles. The van der Waals surface area contributed by atoms with Gasteiger partial charge in [-0.25, -0.2) is 4.98 Å². The fourth-order valence-corrected chi connectivity index (χ4v) is 7.37. The van der Waals surface area contributed by atoms with E-state index in [0.717, 1.165) is 72.3 Å². The third kappa shape index (κ3) is 5.48. The van der Waals surface area contributed by atoms with Gasteiger partial charge in [0.2, 0.25) is 0 Å². The molecular weight excluding hydrogens is 836 g/mol. The number of furan rings is 1. The summed E-state index contributed by atoms with van der Waals surface area (Å²) in [5.74, 6) is 2.03. The summed E-state index contributed by atoms with van der Waals surface area (Å²) < 4.78 is 15.1. The number of hydrogen-bond donors (Lipinski definition) is 0. The molecule has 6 nitrogen and oxygen atoms in total. The molecule has 0 fully saturated rings. The molecule has 0 N–H and O–H groups in total. The van der Waals surface area contributed by atoms with Gasteiger partial charge in [-0.15, -0.1) is 48.1 Å². The van der Waals surface area contributed by atoms with E-state index < -0.39 is 0 Å². The Labute approximate surface area is 322 Å². The number of anilines is 4. The maximum atomic E-state index is 6.58. The number of rotatable bonds is 5. The van der Waals surface area contributed by atoms with Gasteiger partial charge in [0.15, 0.2) is 0 Å². The van der Waals surface area contributed by atoms with E-state index >= 15 is 0 Å². The van der Waals surface area contributed by atoms with Crippen molar-refractivity contribution in [1.82, 2.24) is 9.55 Å². The van der Waals surface area contributed by atoms with Gasteiger partial charge in [0.1, 0.15) is 17.0 Å². The summed E-state index contributed by atoms with van der Waals surface area (Å²) in [6.45, 7) is 8.78. The molecule has 0 bridgehead atoms. The summed E-state index contributed by atoms with van der Waals surface area (Å²) >= 11 is 0. The van der Waals surface area contributed by atoms with Gasteiger partial charge in [-0.3, -0.25) is 0 Å². The van der Waals surface area contributed by atoms with Crippen molar-refractivity contribution in [2.75, 3.05) is 9.80 Å². The monoisotopic (exact) mass is 868 g/mol. The van der Waals surface area contributed by atoms with Crippen molar-refractivity contribution in [3.8, 4) is 17.3 Å². The van der Waals surface area contributed by atoms with Crippen LogP contribution in [0, 0.1) is 18.8 Å². The van der Waals surface area contributed by atoms with Gasteiger partial charge in [-0.05, 0) is 64.9 Å². The van der Waals surface area contributed by atoms with Crippen molar-refractivity contribution < 1.29 is 30.2 Å². The van der Waals surface area contributed by atoms with E-state index in [9.17, 15) is 0 Å². The zero-order chi connectivity index (χ0) is 35.0. The summed E-state index contributed by atoms with van der Waals surface area (Å²) in [4.78, 5) is 9.21. The van der Waals surface area contributed by atoms with Gasteiger partial charge in [0.05, 0.1) is 5.39 Å². The predicted octanol–water partition coefficient (Wildman–Crippen LogP) is 12.2. The molecule has 0 unspecified atom stereocenters. The minimum atomic E-state index is -0.0167. The average Bonchev–Trinajstić information content (AvgIpc) is 3.84. The van der Waals surface area contributed by atoms with E-state index in [2.05, 4.69) is 151 Å². The fraction of sp³-hybridized carbons (Fsp3) is 0.0870. The van der Waals surface area contributed by atoms with Crippen LogP contribution in [0.3, 0.4) is 0 Å². The van der Waals surface area contributed by atoms with Crippen LogP contribution in [0.1, 0.15) is 26.3 Å². The fourth-order valence-electron chi connectivity index (χ4n) is 7.37. The number of aromatic nitrogens is 2. The molecule has 0 radical (unpaired) electrons. The van der Waals surface area contributed by atoms with Crippen molar-refractivity contribution in [2.45, 2.75) is 26.2 Å². The second kappa shape index (κ2) is 12.7. The number of fused-ring (bicyclic) bond motifs is 8. The molecule has 1 aliphatic heterocycles. The second-order valence-electron chi connectivity index (χ2n) is 14.2. The molecule has 3 aromatic heterocycles. The third-order valence-corrected chi connectivity index (χ3v) is 9.89. The molecular formula is C46H33N4O2Pt-3. The summed E-state index contributed by atoms with van der Waals surface area (Å²) in [6, 6.07) is 52.7. The van der Waals surface area contributed by atoms with Crippen molar-refractivity contribution in [3.05, 3.63) is 164 Å². The van der Waals surface area contributed by atoms with Gasteiger partial charge >= 0.3 is 0 Å². The van der Waals surface area contributed by atoms with E-state index in [0.29, 0.717) is 11.5 Å². The summed E-state index contributed by atoms with van der Waals surface area (Å²) in [6.07, 6.45) is 1.89. The maximum absolute atomic E-state index is 6.58. The Morgan fingerprint density at radius 1 is 0.679 bits per heavy atom. The van der Waals surface area contributed by atoms with Gasteiger partial charge in [-0.2, -0.15) is 12.1 Å². The summed E-state index contributed by atoms with van der Waals surface area (Å²) in [5.41, 5.74) is 8.86. The minimum absolute atomic E-state index is 0. The van der Waals surface area contributed by atoms with Crippen LogP contribution in [0.4, 0.5) is 22.7 Å². The van der Waals surface area contributed by atoms with Crippen LogP contribution in [-0.4, -0.2) is 9.55 Å². The van der Waals surface area contributed by atoms with E-state index in [4.69, 9.17) is 14.1 Å². The molecule has 1 aliphatic rings. The van der Waals surface area contributed by atoms with Crippen molar-refractivity contribution in [2.24, 2.45) is 0 Å². The first kappa shape index (κ1) is 33.0. The van der Waals surface area contributed by atoms with Gasteiger partial charge in [-0.1, -0.05) is 80.9 Å². The number of hydrogen-bond acceptors (Lipinski definition) is 5. The van der Waals surface area contributed by atoms with Crippen molar-refractivity contribution in [3.63, 3.8) is 0 Å². The topological polar surface area (TPSA) is 46.7 Å². The van der Waals surface area contributed by atoms with Crippen LogP contribution >= 0.6 is 0 Å². The van der Waals surface area contributed by atoms with Crippen LogP contribution in [0.5, 0.6) is 11.5 Å². The molecule has 4 heterocycles. The molecule has 0 saturated heterocycles. The second-order valence-corrected chi connectivity index (χ2v) is 14.2. The normalized spacial score (nSPS) is 12.9. The van der Waals surface area contributed by atoms with Crippen LogP contribution in [-0.2, 0) is 26.5 Å². The van der Waals surface area contributed by atoms with E-state index in [1.807, 2.05) is 42.6 Å². The van der Waals surface area contributed by atoms with Crippen LogP contribution in [0.15, 0.2) is 144 Å². The van der Waals surface area contributed by atoms with Gasteiger partial charge in [0, 0.05) is 66.7 Å². The molecule has 0 aliphatic carbocycles. The minimum Gasteiger partial charge on any atom is -0.509 e. The molecule has 262 valence electrons. The predicted molar refractivity (Wildman–Crippen MR) is 210 cm³/mol. The Bertz CT molecular complexity index is 2820. The molecule has 0 amide bonds. The smallest absolute Gasteiger partial charge is 0.137 e. The van der Waals surface area contributed by atoms with Crippen LogP contribution in [0.2, 0.25) is 0 Å². The number of pyridine rings is 1. The zero-order valence-corrected chi connectivity index (χ0v) is 31.6. The third-order valence-electron chi connectivity index (χ3n) is 9.89. The number of ether oxygens (including phenoxy) is 1. The largest absolute Gasteiger partial charge is 0.509 e. The van der Waals surface area contributed by atoms with Gasteiger partial charge in [0.25, 0.3) is 0 Å². The molecule has 0 saturated carbocycles. The molecule has 0 spiro atoms. The molecule has 10 rings (SSSR count). The average molecular weight is 869 g/mol. The first-order valence-corrected chi connectivity index (χ1v) is 17.5. The Hall–Kier alpha value is -5.84. The summed E-state index contributed by atoms with van der Waals surface area (Å²) in [5, 5.41) is 4.35. The molecule has 0 atom stereocenters. The number of nitrogens with zero attached hydrogens (tertiary/aromatic N) is 4. The van der Waals surface area contributed by atoms with Crippen LogP contribution < -0.4 is 14.5 Å². The maximum Gasteiger partial charge on any atom is 0.137 e. The molecule has 9 aromatic rings. The summed E-state index contributed by atoms with van der Waals surface area (Å²) in [7, 11) is 0. The quantitative estimate of drug-likeness (QED) is 0.161. The Morgan fingerprint density at radius 3 is 2.30 bits per heavy atom. The SMILES string of the molecule is CC(C)(C)c1ccnc(-n2c3[c-]c(Oc4[c-]c(N5[CH-]N(c6ccccc6)c6ccc7oc8ccccc8c7c65)ccc4)ccc3c3ccccc32)c1.[Pt]. The van der Waals surface area contributed by atoms with Crippen molar-refractivity contribution in [1.29, 1.82) is 0 Å². The first-order chi connectivity index (χ1) is 25.4.